The van der Waals surface area contributed by atoms with E-state index in [4.69, 9.17) is 5.73 Å². The van der Waals surface area contributed by atoms with E-state index in [0.717, 1.165) is 17.3 Å². The quantitative estimate of drug-likeness (QED) is 0.823. The summed E-state index contributed by atoms with van der Waals surface area (Å²) in [6.45, 7) is 4.41. The molecule has 1 aliphatic rings. The Kier molecular flexibility index (Phi) is 3.66. The summed E-state index contributed by atoms with van der Waals surface area (Å²) < 4.78 is 0.887. The van der Waals surface area contributed by atoms with Crippen LogP contribution >= 0.6 is 15.9 Å². The van der Waals surface area contributed by atoms with Crippen molar-refractivity contribution >= 4 is 27.5 Å². The Labute approximate surface area is 116 Å². The first kappa shape index (κ1) is 13.4. The first-order valence-electron chi connectivity index (χ1n) is 6.26. The number of hydrogen-bond acceptors (Lipinski definition) is 2. The second-order valence-corrected chi connectivity index (χ2v) is 6.55. The SMILES string of the molecule is CC1(C)CCCC1NC(=O)c1ccc(Br)cc1N. The molecule has 1 atom stereocenters. The maximum absolute atomic E-state index is 12.2. The Bertz CT molecular complexity index is 471. The van der Waals surface area contributed by atoms with E-state index >= 15 is 0 Å². The number of nitrogen functional groups attached to an aromatic ring is 1. The van der Waals surface area contributed by atoms with Crippen molar-refractivity contribution in [1.29, 1.82) is 0 Å². The molecule has 18 heavy (non-hydrogen) atoms. The van der Waals surface area contributed by atoms with Crippen molar-refractivity contribution in [1.82, 2.24) is 5.32 Å². The maximum Gasteiger partial charge on any atom is 0.253 e. The predicted molar refractivity (Wildman–Crippen MR) is 77.4 cm³/mol. The number of hydrogen-bond donors (Lipinski definition) is 2. The minimum absolute atomic E-state index is 0.0695. The zero-order valence-corrected chi connectivity index (χ0v) is 12.4. The van der Waals surface area contributed by atoms with Crippen LogP contribution in [-0.2, 0) is 0 Å². The van der Waals surface area contributed by atoms with Crippen LogP contribution < -0.4 is 11.1 Å². The molecule has 0 bridgehead atoms. The van der Waals surface area contributed by atoms with E-state index in [1.165, 1.54) is 6.42 Å². The van der Waals surface area contributed by atoms with Crippen LogP contribution in [0.15, 0.2) is 22.7 Å². The summed E-state index contributed by atoms with van der Waals surface area (Å²) in [5.74, 6) is -0.0695. The summed E-state index contributed by atoms with van der Waals surface area (Å²) in [5.41, 5.74) is 7.12. The second kappa shape index (κ2) is 4.92. The van der Waals surface area contributed by atoms with E-state index in [-0.39, 0.29) is 17.4 Å². The first-order valence-corrected chi connectivity index (χ1v) is 7.05. The fourth-order valence-electron chi connectivity index (χ4n) is 2.57. The molecule has 4 heteroatoms. The smallest absolute Gasteiger partial charge is 0.253 e. The first-order chi connectivity index (χ1) is 8.40. The third-order valence-corrected chi connectivity index (χ3v) is 4.31. The van der Waals surface area contributed by atoms with Gasteiger partial charge in [-0.2, -0.15) is 0 Å². The molecule has 0 saturated heterocycles. The van der Waals surface area contributed by atoms with E-state index in [1.807, 2.05) is 6.07 Å². The van der Waals surface area contributed by atoms with Crippen LogP contribution in [0.1, 0.15) is 43.5 Å². The minimum atomic E-state index is -0.0695. The standard InChI is InChI=1S/C14H19BrN2O/c1-14(2)7-3-4-12(14)17-13(18)10-6-5-9(15)8-11(10)16/h5-6,8,12H,3-4,7,16H2,1-2H3,(H,17,18). The Morgan fingerprint density at radius 1 is 1.50 bits per heavy atom. The van der Waals surface area contributed by atoms with Gasteiger partial charge in [-0.05, 0) is 36.5 Å². The molecule has 1 saturated carbocycles. The lowest BCUT2D eigenvalue weighted by molar-refractivity contribution is 0.0911. The van der Waals surface area contributed by atoms with Crippen molar-refractivity contribution in [3.05, 3.63) is 28.2 Å². The average Bonchev–Trinajstić information content (AvgIpc) is 2.58. The molecule has 0 aromatic heterocycles. The van der Waals surface area contributed by atoms with Gasteiger partial charge in [0.25, 0.3) is 5.91 Å². The third kappa shape index (κ3) is 2.69. The molecule has 1 aromatic carbocycles. The molecule has 1 unspecified atom stereocenters. The van der Waals surface area contributed by atoms with Crippen molar-refractivity contribution in [2.45, 2.75) is 39.2 Å². The highest BCUT2D eigenvalue weighted by atomic mass is 79.9. The van der Waals surface area contributed by atoms with Crippen molar-refractivity contribution in [3.63, 3.8) is 0 Å². The number of carbonyl (C=O) groups is 1. The number of nitrogens with one attached hydrogen (secondary N) is 1. The van der Waals surface area contributed by atoms with Crippen molar-refractivity contribution in [2.75, 3.05) is 5.73 Å². The predicted octanol–water partition coefficient (Wildman–Crippen LogP) is 3.34. The van der Waals surface area contributed by atoms with Gasteiger partial charge < -0.3 is 11.1 Å². The molecule has 0 aliphatic heterocycles. The van der Waals surface area contributed by atoms with Gasteiger partial charge in [0.05, 0.1) is 5.56 Å². The molecule has 1 aliphatic carbocycles. The minimum Gasteiger partial charge on any atom is -0.398 e. The number of rotatable bonds is 2. The number of carbonyl (C=O) groups excluding carboxylic acids is 1. The lowest BCUT2D eigenvalue weighted by Gasteiger charge is -2.28. The van der Waals surface area contributed by atoms with Gasteiger partial charge in [-0.1, -0.05) is 36.2 Å². The molecule has 0 spiro atoms. The van der Waals surface area contributed by atoms with E-state index in [1.54, 1.807) is 12.1 Å². The summed E-state index contributed by atoms with van der Waals surface area (Å²) in [7, 11) is 0. The van der Waals surface area contributed by atoms with Crippen molar-refractivity contribution < 1.29 is 4.79 Å². The van der Waals surface area contributed by atoms with Gasteiger partial charge in [-0.3, -0.25) is 4.79 Å². The summed E-state index contributed by atoms with van der Waals surface area (Å²) >= 11 is 3.34. The highest BCUT2D eigenvalue weighted by Gasteiger charge is 2.35. The van der Waals surface area contributed by atoms with Crippen molar-refractivity contribution in [3.8, 4) is 0 Å². The molecule has 1 amide bonds. The zero-order valence-electron chi connectivity index (χ0n) is 10.8. The van der Waals surface area contributed by atoms with Crippen LogP contribution in [0.3, 0.4) is 0 Å². The third-order valence-electron chi connectivity index (χ3n) is 3.82. The Balaban J connectivity index is 2.13. The Morgan fingerprint density at radius 3 is 2.78 bits per heavy atom. The molecule has 3 nitrogen and oxygen atoms in total. The molecular formula is C14H19BrN2O. The van der Waals surface area contributed by atoms with Gasteiger partial charge in [0.1, 0.15) is 0 Å². The highest BCUT2D eigenvalue weighted by Crippen LogP contribution is 2.37. The van der Waals surface area contributed by atoms with E-state index in [0.29, 0.717) is 11.3 Å². The molecule has 1 aromatic rings. The van der Waals surface area contributed by atoms with Gasteiger partial charge in [0.2, 0.25) is 0 Å². The van der Waals surface area contributed by atoms with Crippen molar-refractivity contribution in [2.24, 2.45) is 5.41 Å². The van der Waals surface area contributed by atoms with Gasteiger partial charge in [0, 0.05) is 16.2 Å². The number of anilines is 1. The van der Waals surface area contributed by atoms with Crippen LogP contribution in [0.2, 0.25) is 0 Å². The summed E-state index contributed by atoms with van der Waals surface area (Å²) in [6, 6.07) is 5.60. The number of nitrogens with two attached hydrogens (primary N) is 1. The topological polar surface area (TPSA) is 55.1 Å². The number of halogens is 1. The highest BCUT2D eigenvalue weighted by molar-refractivity contribution is 9.10. The van der Waals surface area contributed by atoms with Crippen LogP contribution in [0, 0.1) is 5.41 Å². The zero-order chi connectivity index (χ0) is 13.3. The summed E-state index contributed by atoms with van der Waals surface area (Å²) in [4.78, 5) is 12.2. The van der Waals surface area contributed by atoms with E-state index in [9.17, 15) is 4.79 Å². The molecule has 1 fully saturated rings. The largest absolute Gasteiger partial charge is 0.398 e. The molecule has 2 rings (SSSR count). The van der Waals surface area contributed by atoms with E-state index < -0.39 is 0 Å². The molecular weight excluding hydrogens is 292 g/mol. The second-order valence-electron chi connectivity index (χ2n) is 5.64. The summed E-state index contributed by atoms with van der Waals surface area (Å²) in [5, 5.41) is 3.11. The summed E-state index contributed by atoms with van der Waals surface area (Å²) in [6.07, 6.45) is 3.39. The number of amides is 1. The molecule has 98 valence electrons. The molecule has 3 N–H and O–H groups in total. The van der Waals surface area contributed by atoms with Gasteiger partial charge in [0.15, 0.2) is 0 Å². The lowest BCUT2D eigenvalue weighted by atomic mass is 9.87. The van der Waals surface area contributed by atoms with Gasteiger partial charge >= 0.3 is 0 Å². The van der Waals surface area contributed by atoms with Gasteiger partial charge in [-0.15, -0.1) is 0 Å². The Hall–Kier alpha value is -1.03. The number of benzene rings is 1. The average molecular weight is 311 g/mol. The maximum atomic E-state index is 12.2. The van der Waals surface area contributed by atoms with Crippen LogP contribution in [0.25, 0.3) is 0 Å². The monoisotopic (exact) mass is 310 g/mol. The molecule has 0 heterocycles. The Morgan fingerprint density at radius 2 is 2.22 bits per heavy atom. The van der Waals surface area contributed by atoms with Crippen LogP contribution in [0.5, 0.6) is 0 Å². The fourth-order valence-corrected chi connectivity index (χ4v) is 2.95. The van der Waals surface area contributed by atoms with Crippen LogP contribution in [0.4, 0.5) is 5.69 Å². The normalized spacial score (nSPS) is 21.8. The fraction of sp³-hybridized carbons (Fsp3) is 0.500. The molecule has 0 radical (unpaired) electrons. The lowest BCUT2D eigenvalue weighted by Crippen LogP contribution is -2.41. The van der Waals surface area contributed by atoms with E-state index in [2.05, 4.69) is 35.1 Å². The van der Waals surface area contributed by atoms with Gasteiger partial charge in [-0.25, -0.2) is 0 Å². The van der Waals surface area contributed by atoms with Crippen LogP contribution in [-0.4, -0.2) is 11.9 Å².